The molecule has 0 saturated carbocycles. The predicted molar refractivity (Wildman–Crippen MR) is 76.5 cm³/mol. The summed E-state index contributed by atoms with van der Waals surface area (Å²) in [7, 11) is 0. The minimum atomic E-state index is -1.18. The van der Waals surface area contributed by atoms with Gasteiger partial charge in [-0.2, -0.15) is 0 Å². The topological polar surface area (TPSA) is 110 Å². The Bertz CT molecular complexity index is 725. The van der Waals surface area contributed by atoms with E-state index < -0.39 is 5.97 Å². The second kappa shape index (κ2) is 5.92. The van der Waals surface area contributed by atoms with Crippen LogP contribution in [0, 0.1) is 0 Å². The molecule has 0 unspecified atom stereocenters. The van der Waals surface area contributed by atoms with Crippen molar-refractivity contribution >= 4 is 17.6 Å². The largest absolute Gasteiger partial charge is 0.476 e. The first kappa shape index (κ1) is 14.2. The van der Waals surface area contributed by atoms with Gasteiger partial charge in [-0.15, -0.1) is 5.10 Å². The number of carbonyl (C=O) groups excluding carboxylic acids is 1. The fourth-order valence-electron chi connectivity index (χ4n) is 2.48. The van der Waals surface area contributed by atoms with Gasteiger partial charge in [-0.05, 0) is 37.3 Å². The minimum absolute atomic E-state index is 0.0998. The normalized spacial score (nSPS) is 13.5. The molecule has 0 aromatic carbocycles. The second-order valence-corrected chi connectivity index (χ2v) is 5.19. The SMILES string of the molecule is O=C(Cn1cc(C(=O)O)nn1)Nc1cnc2c(c1)CCCC2. The first-order valence-electron chi connectivity index (χ1n) is 7.03. The summed E-state index contributed by atoms with van der Waals surface area (Å²) in [5.41, 5.74) is 2.73. The van der Waals surface area contributed by atoms with Crippen molar-refractivity contribution < 1.29 is 14.7 Å². The van der Waals surface area contributed by atoms with Crippen molar-refractivity contribution in [2.75, 3.05) is 5.32 Å². The fraction of sp³-hybridized carbons (Fsp3) is 0.357. The maximum Gasteiger partial charge on any atom is 0.358 e. The monoisotopic (exact) mass is 301 g/mol. The van der Waals surface area contributed by atoms with Crippen molar-refractivity contribution in [1.82, 2.24) is 20.0 Å². The van der Waals surface area contributed by atoms with E-state index in [-0.39, 0.29) is 18.1 Å². The van der Waals surface area contributed by atoms with Gasteiger partial charge in [0, 0.05) is 5.69 Å². The number of carbonyl (C=O) groups is 2. The third-order valence-electron chi connectivity index (χ3n) is 3.52. The summed E-state index contributed by atoms with van der Waals surface area (Å²) in [4.78, 5) is 27.0. The Balaban J connectivity index is 1.65. The molecule has 0 bridgehead atoms. The molecule has 2 heterocycles. The highest BCUT2D eigenvalue weighted by atomic mass is 16.4. The maximum absolute atomic E-state index is 12.0. The summed E-state index contributed by atoms with van der Waals surface area (Å²) in [5.74, 6) is -1.48. The highest BCUT2D eigenvalue weighted by molar-refractivity contribution is 5.90. The summed E-state index contributed by atoms with van der Waals surface area (Å²) in [6, 6.07) is 1.95. The number of nitrogens with one attached hydrogen (secondary N) is 1. The lowest BCUT2D eigenvalue weighted by Crippen LogP contribution is -2.19. The van der Waals surface area contributed by atoms with Crippen LogP contribution >= 0.6 is 0 Å². The number of hydrogen-bond acceptors (Lipinski definition) is 5. The molecule has 0 aliphatic heterocycles. The molecule has 1 amide bonds. The molecule has 114 valence electrons. The molecule has 3 rings (SSSR count). The van der Waals surface area contributed by atoms with Crippen LogP contribution in [0.15, 0.2) is 18.5 Å². The molecule has 0 atom stereocenters. The van der Waals surface area contributed by atoms with E-state index in [1.54, 1.807) is 6.20 Å². The lowest BCUT2D eigenvalue weighted by Gasteiger charge is -2.15. The zero-order valence-electron chi connectivity index (χ0n) is 11.8. The van der Waals surface area contributed by atoms with E-state index in [0.717, 1.165) is 31.4 Å². The Morgan fingerprint density at radius 1 is 1.32 bits per heavy atom. The molecule has 1 aliphatic carbocycles. The van der Waals surface area contributed by atoms with Gasteiger partial charge in [-0.3, -0.25) is 9.78 Å². The number of amides is 1. The van der Waals surface area contributed by atoms with Crippen LogP contribution in [0.2, 0.25) is 0 Å². The smallest absolute Gasteiger partial charge is 0.358 e. The summed E-state index contributed by atoms with van der Waals surface area (Å²) >= 11 is 0. The first-order chi connectivity index (χ1) is 10.6. The molecule has 0 spiro atoms. The summed E-state index contributed by atoms with van der Waals surface area (Å²) in [5, 5.41) is 18.6. The van der Waals surface area contributed by atoms with E-state index in [1.807, 2.05) is 6.07 Å². The number of hydrogen-bond donors (Lipinski definition) is 2. The second-order valence-electron chi connectivity index (χ2n) is 5.19. The van der Waals surface area contributed by atoms with E-state index in [0.29, 0.717) is 5.69 Å². The van der Waals surface area contributed by atoms with E-state index in [9.17, 15) is 9.59 Å². The number of anilines is 1. The Kier molecular flexibility index (Phi) is 3.82. The molecule has 0 fully saturated rings. The summed E-state index contributed by atoms with van der Waals surface area (Å²) < 4.78 is 1.19. The van der Waals surface area contributed by atoms with Gasteiger partial charge < -0.3 is 10.4 Å². The number of aromatic nitrogens is 4. The van der Waals surface area contributed by atoms with Crippen LogP contribution in [0.3, 0.4) is 0 Å². The van der Waals surface area contributed by atoms with Crippen LogP contribution < -0.4 is 5.32 Å². The molecule has 22 heavy (non-hydrogen) atoms. The number of pyridine rings is 1. The highest BCUT2D eigenvalue weighted by Crippen LogP contribution is 2.21. The Morgan fingerprint density at radius 3 is 2.91 bits per heavy atom. The van der Waals surface area contributed by atoms with Gasteiger partial charge >= 0.3 is 5.97 Å². The van der Waals surface area contributed by atoms with E-state index >= 15 is 0 Å². The van der Waals surface area contributed by atoms with Crippen molar-refractivity contribution in [3.05, 3.63) is 35.4 Å². The van der Waals surface area contributed by atoms with Gasteiger partial charge in [0.25, 0.3) is 0 Å². The standard InChI is InChI=1S/C14H15N5O3/c20-13(8-19-7-12(14(21)22)17-18-19)16-10-5-9-3-1-2-4-11(9)15-6-10/h5-7H,1-4,8H2,(H,16,20)(H,21,22). The molecule has 2 aromatic heterocycles. The van der Waals surface area contributed by atoms with Crippen molar-refractivity contribution in [1.29, 1.82) is 0 Å². The lowest BCUT2D eigenvalue weighted by atomic mass is 9.96. The predicted octanol–water partition coefficient (Wildman–Crippen LogP) is 0.889. The molecule has 0 saturated heterocycles. The number of fused-ring (bicyclic) bond motifs is 1. The zero-order valence-corrected chi connectivity index (χ0v) is 11.8. The van der Waals surface area contributed by atoms with Crippen LogP contribution in [0.5, 0.6) is 0 Å². The quantitative estimate of drug-likeness (QED) is 0.867. The molecule has 1 aliphatic rings. The first-order valence-corrected chi connectivity index (χ1v) is 7.03. The summed E-state index contributed by atoms with van der Waals surface area (Å²) in [6.07, 6.45) is 7.13. The van der Waals surface area contributed by atoms with Crippen LogP contribution in [0.1, 0.15) is 34.6 Å². The number of aromatic carboxylic acids is 1. The number of aryl methyl sites for hydroxylation is 2. The van der Waals surface area contributed by atoms with Crippen LogP contribution in [0.25, 0.3) is 0 Å². The zero-order chi connectivity index (χ0) is 15.5. The van der Waals surface area contributed by atoms with Crippen molar-refractivity contribution in [3.63, 3.8) is 0 Å². The average Bonchev–Trinajstić information content (AvgIpc) is 2.95. The maximum atomic E-state index is 12.0. The highest BCUT2D eigenvalue weighted by Gasteiger charge is 2.13. The van der Waals surface area contributed by atoms with Crippen LogP contribution in [-0.2, 0) is 24.2 Å². The Hall–Kier alpha value is -2.77. The number of carboxylic acid groups (broad SMARTS) is 1. The minimum Gasteiger partial charge on any atom is -0.476 e. The molecular formula is C14H15N5O3. The molecule has 8 nitrogen and oxygen atoms in total. The van der Waals surface area contributed by atoms with E-state index in [2.05, 4.69) is 20.6 Å². The van der Waals surface area contributed by atoms with Crippen molar-refractivity contribution in [2.24, 2.45) is 0 Å². The van der Waals surface area contributed by atoms with Crippen molar-refractivity contribution in [3.8, 4) is 0 Å². The Labute approximate surface area is 126 Å². The Morgan fingerprint density at radius 2 is 2.14 bits per heavy atom. The van der Waals surface area contributed by atoms with Gasteiger partial charge in [0.15, 0.2) is 5.69 Å². The van der Waals surface area contributed by atoms with Gasteiger partial charge in [0.2, 0.25) is 5.91 Å². The molecule has 2 aromatic rings. The molecule has 8 heteroatoms. The molecule has 2 N–H and O–H groups in total. The van der Waals surface area contributed by atoms with Crippen LogP contribution in [-0.4, -0.2) is 37.0 Å². The van der Waals surface area contributed by atoms with E-state index in [4.69, 9.17) is 5.11 Å². The average molecular weight is 301 g/mol. The van der Waals surface area contributed by atoms with Gasteiger partial charge in [-0.25, -0.2) is 9.48 Å². The fourth-order valence-corrected chi connectivity index (χ4v) is 2.48. The molecule has 0 radical (unpaired) electrons. The third kappa shape index (κ3) is 3.11. The number of nitrogens with zero attached hydrogens (tertiary/aromatic N) is 4. The van der Waals surface area contributed by atoms with Gasteiger partial charge in [0.1, 0.15) is 6.54 Å². The van der Waals surface area contributed by atoms with E-state index in [1.165, 1.54) is 16.4 Å². The van der Waals surface area contributed by atoms with Crippen LogP contribution in [0.4, 0.5) is 5.69 Å². The third-order valence-corrected chi connectivity index (χ3v) is 3.52. The lowest BCUT2D eigenvalue weighted by molar-refractivity contribution is -0.116. The number of rotatable bonds is 4. The van der Waals surface area contributed by atoms with Crippen molar-refractivity contribution in [2.45, 2.75) is 32.2 Å². The molecular weight excluding hydrogens is 286 g/mol. The van der Waals surface area contributed by atoms with Gasteiger partial charge in [-0.1, -0.05) is 5.21 Å². The summed E-state index contributed by atoms with van der Waals surface area (Å²) in [6.45, 7) is -0.0998. The van der Waals surface area contributed by atoms with Gasteiger partial charge in [0.05, 0.1) is 18.1 Å². The number of carboxylic acids is 1.